The maximum Gasteiger partial charge on any atom is 0.344 e. The van der Waals surface area contributed by atoms with Crippen LogP contribution in [0.3, 0.4) is 0 Å². The molecule has 126 valence electrons. The SMILES string of the molecule is C[C@@H](OC(=O)COc1cccc(Cl)c1)C(=O)NC1CCCCC1. The van der Waals surface area contributed by atoms with E-state index in [-0.39, 0.29) is 18.6 Å². The highest BCUT2D eigenvalue weighted by Crippen LogP contribution is 2.18. The van der Waals surface area contributed by atoms with Crippen LogP contribution >= 0.6 is 11.6 Å². The van der Waals surface area contributed by atoms with Gasteiger partial charge in [-0.05, 0) is 38.0 Å². The Morgan fingerprint density at radius 1 is 1.30 bits per heavy atom. The molecule has 1 N–H and O–H groups in total. The molecule has 0 spiro atoms. The van der Waals surface area contributed by atoms with Crippen molar-refractivity contribution < 1.29 is 19.1 Å². The Morgan fingerprint density at radius 2 is 2.04 bits per heavy atom. The summed E-state index contributed by atoms with van der Waals surface area (Å²) in [7, 11) is 0. The summed E-state index contributed by atoms with van der Waals surface area (Å²) < 4.78 is 10.4. The average molecular weight is 340 g/mol. The Kier molecular flexibility index (Phi) is 6.71. The number of carbonyl (C=O) groups is 2. The van der Waals surface area contributed by atoms with E-state index < -0.39 is 12.1 Å². The smallest absolute Gasteiger partial charge is 0.344 e. The second-order valence-electron chi connectivity index (χ2n) is 5.72. The summed E-state index contributed by atoms with van der Waals surface area (Å²) >= 11 is 5.83. The minimum Gasteiger partial charge on any atom is -0.482 e. The van der Waals surface area contributed by atoms with Gasteiger partial charge in [-0.2, -0.15) is 0 Å². The highest BCUT2D eigenvalue weighted by molar-refractivity contribution is 6.30. The van der Waals surface area contributed by atoms with E-state index in [1.807, 2.05) is 0 Å². The van der Waals surface area contributed by atoms with Gasteiger partial charge in [-0.1, -0.05) is 36.9 Å². The standard InChI is InChI=1S/C17H22ClNO4/c1-12(17(21)19-14-7-3-2-4-8-14)23-16(20)11-22-15-9-5-6-13(18)10-15/h5-6,9-10,12,14H,2-4,7-8,11H2,1H3,(H,19,21)/t12-/m1/s1. The van der Waals surface area contributed by atoms with Crippen LogP contribution in [0.2, 0.25) is 5.02 Å². The Hall–Kier alpha value is -1.75. The summed E-state index contributed by atoms with van der Waals surface area (Å²) in [6.45, 7) is 1.30. The maximum atomic E-state index is 12.0. The number of hydrogen-bond donors (Lipinski definition) is 1. The number of esters is 1. The van der Waals surface area contributed by atoms with E-state index in [9.17, 15) is 9.59 Å². The fourth-order valence-corrected chi connectivity index (χ4v) is 2.73. The zero-order valence-corrected chi connectivity index (χ0v) is 14.0. The second-order valence-corrected chi connectivity index (χ2v) is 6.16. The lowest BCUT2D eigenvalue weighted by atomic mass is 9.95. The number of ether oxygens (including phenoxy) is 2. The first-order valence-corrected chi connectivity index (χ1v) is 8.30. The predicted molar refractivity (Wildman–Crippen MR) is 87.5 cm³/mol. The lowest BCUT2D eigenvalue weighted by molar-refractivity contribution is -0.156. The monoisotopic (exact) mass is 339 g/mol. The summed E-state index contributed by atoms with van der Waals surface area (Å²) in [6, 6.07) is 6.93. The molecule has 1 aromatic rings. The van der Waals surface area contributed by atoms with E-state index in [0.29, 0.717) is 10.8 Å². The zero-order chi connectivity index (χ0) is 16.7. The van der Waals surface area contributed by atoms with Gasteiger partial charge in [0.15, 0.2) is 12.7 Å². The molecule has 5 nitrogen and oxygen atoms in total. The van der Waals surface area contributed by atoms with Gasteiger partial charge in [-0.3, -0.25) is 4.79 Å². The van der Waals surface area contributed by atoms with Crippen LogP contribution in [0.4, 0.5) is 0 Å². The maximum absolute atomic E-state index is 12.0. The van der Waals surface area contributed by atoms with Crippen LogP contribution in [0, 0.1) is 0 Å². The Morgan fingerprint density at radius 3 is 2.74 bits per heavy atom. The first-order chi connectivity index (χ1) is 11.0. The second kappa shape index (κ2) is 8.77. The zero-order valence-electron chi connectivity index (χ0n) is 13.2. The van der Waals surface area contributed by atoms with Crippen molar-refractivity contribution in [2.45, 2.75) is 51.2 Å². The van der Waals surface area contributed by atoms with Crippen LogP contribution < -0.4 is 10.1 Å². The quantitative estimate of drug-likeness (QED) is 0.809. The summed E-state index contributed by atoms with van der Waals surface area (Å²) in [5.74, 6) is -0.363. The van der Waals surface area contributed by atoms with Crippen molar-refractivity contribution in [3.8, 4) is 5.75 Å². The number of carbonyl (C=O) groups excluding carboxylic acids is 2. The van der Waals surface area contributed by atoms with Gasteiger partial charge in [-0.15, -0.1) is 0 Å². The van der Waals surface area contributed by atoms with E-state index in [4.69, 9.17) is 21.1 Å². The van der Waals surface area contributed by atoms with Gasteiger partial charge in [0, 0.05) is 11.1 Å². The van der Waals surface area contributed by atoms with Gasteiger partial charge < -0.3 is 14.8 Å². The van der Waals surface area contributed by atoms with Crippen LogP contribution in [0.25, 0.3) is 0 Å². The van der Waals surface area contributed by atoms with E-state index in [0.717, 1.165) is 25.7 Å². The first-order valence-electron chi connectivity index (χ1n) is 7.93. The molecule has 0 radical (unpaired) electrons. The molecule has 1 saturated carbocycles. The van der Waals surface area contributed by atoms with Crippen LogP contribution in [-0.4, -0.2) is 30.6 Å². The molecule has 1 atom stereocenters. The predicted octanol–water partition coefficient (Wildman–Crippen LogP) is 3.10. The van der Waals surface area contributed by atoms with E-state index in [1.54, 1.807) is 31.2 Å². The lowest BCUT2D eigenvalue weighted by Crippen LogP contribution is -2.43. The van der Waals surface area contributed by atoms with Crippen LogP contribution in [0.5, 0.6) is 5.75 Å². The lowest BCUT2D eigenvalue weighted by Gasteiger charge is -2.24. The van der Waals surface area contributed by atoms with Crippen LogP contribution in [0.15, 0.2) is 24.3 Å². The van der Waals surface area contributed by atoms with Crippen molar-refractivity contribution in [3.05, 3.63) is 29.3 Å². The molecule has 1 amide bonds. The fraction of sp³-hybridized carbons (Fsp3) is 0.529. The van der Waals surface area contributed by atoms with Gasteiger partial charge in [0.2, 0.25) is 0 Å². The van der Waals surface area contributed by atoms with Gasteiger partial charge >= 0.3 is 5.97 Å². The summed E-state index contributed by atoms with van der Waals surface area (Å²) in [4.78, 5) is 23.8. The third-order valence-corrected chi connectivity index (χ3v) is 4.02. The number of hydrogen-bond acceptors (Lipinski definition) is 4. The molecule has 1 aromatic carbocycles. The average Bonchev–Trinajstić information content (AvgIpc) is 2.54. The first kappa shape index (κ1) is 17.6. The van der Waals surface area contributed by atoms with Gasteiger partial charge in [0.1, 0.15) is 5.75 Å². The molecular formula is C17H22ClNO4. The molecule has 0 aromatic heterocycles. The molecule has 0 saturated heterocycles. The minimum absolute atomic E-state index is 0.195. The number of rotatable bonds is 6. The highest BCUT2D eigenvalue weighted by Gasteiger charge is 2.22. The largest absolute Gasteiger partial charge is 0.482 e. The highest BCUT2D eigenvalue weighted by atomic mass is 35.5. The molecular weight excluding hydrogens is 318 g/mol. The van der Waals surface area contributed by atoms with Gasteiger partial charge in [0.05, 0.1) is 0 Å². The van der Waals surface area contributed by atoms with E-state index in [1.165, 1.54) is 6.42 Å². The van der Waals surface area contributed by atoms with E-state index in [2.05, 4.69) is 5.32 Å². The third kappa shape index (κ3) is 6.10. The Balaban J connectivity index is 1.72. The van der Waals surface area contributed by atoms with Crippen molar-refractivity contribution >= 4 is 23.5 Å². The number of benzene rings is 1. The van der Waals surface area contributed by atoms with Crippen molar-refractivity contribution in [2.75, 3.05) is 6.61 Å². The van der Waals surface area contributed by atoms with Crippen molar-refractivity contribution in [1.29, 1.82) is 0 Å². The van der Waals surface area contributed by atoms with E-state index >= 15 is 0 Å². The Bertz CT molecular complexity index is 543. The number of amides is 1. The van der Waals surface area contributed by atoms with Gasteiger partial charge in [0.25, 0.3) is 5.91 Å². The number of halogens is 1. The topological polar surface area (TPSA) is 64.6 Å². The molecule has 1 fully saturated rings. The van der Waals surface area contributed by atoms with Gasteiger partial charge in [-0.25, -0.2) is 4.79 Å². The molecule has 0 aliphatic heterocycles. The summed E-state index contributed by atoms with van der Waals surface area (Å²) in [5.41, 5.74) is 0. The summed E-state index contributed by atoms with van der Waals surface area (Å²) in [6.07, 6.45) is 4.64. The van der Waals surface area contributed by atoms with Crippen LogP contribution in [-0.2, 0) is 14.3 Å². The molecule has 1 aliphatic carbocycles. The van der Waals surface area contributed by atoms with Crippen molar-refractivity contribution in [1.82, 2.24) is 5.32 Å². The summed E-state index contributed by atoms with van der Waals surface area (Å²) in [5, 5.41) is 3.45. The normalized spacial score (nSPS) is 16.4. The minimum atomic E-state index is -0.826. The molecule has 23 heavy (non-hydrogen) atoms. The Labute approximate surface area is 141 Å². The number of nitrogens with one attached hydrogen (secondary N) is 1. The van der Waals surface area contributed by atoms with Crippen molar-refractivity contribution in [2.24, 2.45) is 0 Å². The molecule has 0 heterocycles. The van der Waals surface area contributed by atoms with Crippen molar-refractivity contribution in [3.63, 3.8) is 0 Å². The fourth-order valence-electron chi connectivity index (χ4n) is 2.55. The third-order valence-electron chi connectivity index (χ3n) is 3.78. The molecule has 6 heteroatoms. The van der Waals surface area contributed by atoms with Crippen LogP contribution in [0.1, 0.15) is 39.0 Å². The molecule has 2 rings (SSSR count). The molecule has 0 bridgehead atoms. The molecule has 1 aliphatic rings. The molecule has 0 unspecified atom stereocenters.